The molecule has 0 aliphatic carbocycles. The summed E-state index contributed by atoms with van der Waals surface area (Å²) in [5, 5.41) is 0. The summed E-state index contributed by atoms with van der Waals surface area (Å²) in [5.74, 6) is 2.74. The Morgan fingerprint density at radius 3 is 2.29 bits per heavy atom. The lowest BCUT2D eigenvalue weighted by Gasteiger charge is -2.35. The zero-order chi connectivity index (χ0) is 24.4. The Kier molecular flexibility index (Phi) is 6.37. The van der Waals surface area contributed by atoms with E-state index in [1.165, 1.54) is 11.5 Å². The number of hydrogen-bond acceptors (Lipinski definition) is 9. The fourth-order valence-corrected chi connectivity index (χ4v) is 5.06. The van der Waals surface area contributed by atoms with Crippen LogP contribution in [-0.4, -0.2) is 72.7 Å². The molecule has 1 aliphatic heterocycles. The molecule has 1 amide bonds. The van der Waals surface area contributed by atoms with Gasteiger partial charge in [0.2, 0.25) is 0 Å². The smallest absolute Gasteiger partial charge is 0.257 e. The lowest BCUT2D eigenvalue weighted by Crippen LogP contribution is -2.49. The highest BCUT2D eigenvalue weighted by molar-refractivity contribution is 7.14. The van der Waals surface area contributed by atoms with Crippen LogP contribution in [-0.2, 0) is 0 Å². The van der Waals surface area contributed by atoms with E-state index < -0.39 is 0 Å². The van der Waals surface area contributed by atoms with Crippen LogP contribution in [0.2, 0.25) is 0 Å². The predicted molar refractivity (Wildman–Crippen MR) is 135 cm³/mol. The Hall–Kier alpha value is -3.92. The number of fused-ring (bicyclic) bond motifs is 1. The first-order valence-electron chi connectivity index (χ1n) is 11.1. The number of nitrogens with zero attached hydrogens (tertiary/aromatic N) is 5. The molecule has 180 valence electrons. The minimum absolute atomic E-state index is 0.0587. The molecule has 0 atom stereocenters. The molecule has 35 heavy (non-hydrogen) atoms. The van der Waals surface area contributed by atoms with Crippen molar-refractivity contribution in [3.63, 3.8) is 0 Å². The second-order valence-corrected chi connectivity index (χ2v) is 8.75. The molecule has 1 saturated heterocycles. The van der Waals surface area contributed by atoms with Gasteiger partial charge in [-0.2, -0.15) is 4.37 Å². The average Bonchev–Trinajstić information content (AvgIpc) is 3.37. The van der Waals surface area contributed by atoms with Gasteiger partial charge in [-0.15, -0.1) is 0 Å². The van der Waals surface area contributed by atoms with E-state index in [0.717, 1.165) is 33.0 Å². The molecule has 10 heteroatoms. The second kappa shape index (κ2) is 9.75. The number of carbonyl (C=O) groups is 1. The van der Waals surface area contributed by atoms with Crippen LogP contribution in [0.1, 0.15) is 10.4 Å². The quantitative estimate of drug-likeness (QED) is 0.403. The Bertz CT molecular complexity index is 1350. The summed E-state index contributed by atoms with van der Waals surface area (Å²) in [5.41, 5.74) is 3.16. The van der Waals surface area contributed by atoms with E-state index in [1.807, 2.05) is 29.2 Å². The predicted octanol–water partition coefficient (Wildman–Crippen LogP) is 3.74. The van der Waals surface area contributed by atoms with Crippen LogP contribution in [0.5, 0.6) is 17.2 Å². The zero-order valence-corrected chi connectivity index (χ0v) is 20.5. The molecule has 0 saturated carbocycles. The number of carbonyl (C=O) groups excluding carboxylic acids is 1. The number of methoxy groups -OCH3 is 3. The van der Waals surface area contributed by atoms with Gasteiger partial charge in [-0.25, -0.2) is 9.97 Å². The highest BCUT2D eigenvalue weighted by Crippen LogP contribution is 2.35. The lowest BCUT2D eigenvalue weighted by atomic mass is 10.1. The number of anilines is 1. The number of piperazine rings is 1. The van der Waals surface area contributed by atoms with E-state index in [-0.39, 0.29) is 5.91 Å². The highest BCUT2D eigenvalue weighted by atomic mass is 32.1. The third-order valence-corrected chi connectivity index (χ3v) is 6.94. The molecule has 0 unspecified atom stereocenters. The van der Waals surface area contributed by atoms with Crippen molar-refractivity contribution >= 4 is 33.5 Å². The van der Waals surface area contributed by atoms with Gasteiger partial charge in [-0.3, -0.25) is 4.79 Å². The first-order valence-corrected chi connectivity index (χ1v) is 11.9. The molecule has 5 rings (SSSR count). The van der Waals surface area contributed by atoms with Gasteiger partial charge in [-0.1, -0.05) is 0 Å². The average molecular weight is 492 g/mol. The maximum atomic E-state index is 13.2. The van der Waals surface area contributed by atoms with Crippen LogP contribution in [0.3, 0.4) is 0 Å². The number of aromatic nitrogens is 3. The lowest BCUT2D eigenvalue weighted by molar-refractivity contribution is 0.0743. The van der Waals surface area contributed by atoms with Crippen molar-refractivity contribution in [2.75, 3.05) is 52.4 Å². The van der Waals surface area contributed by atoms with E-state index in [1.54, 1.807) is 45.9 Å². The van der Waals surface area contributed by atoms with Gasteiger partial charge in [0.1, 0.15) is 39.5 Å². The van der Waals surface area contributed by atoms with Gasteiger partial charge in [0.25, 0.3) is 5.91 Å². The summed E-state index contributed by atoms with van der Waals surface area (Å²) in [7, 11) is 4.79. The molecule has 9 nitrogen and oxygen atoms in total. The third kappa shape index (κ3) is 4.32. The summed E-state index contributed by atoms with van der Waals surface area (Å²) >= 11 is 1.39. The number of rotatable bonds is 6. The molecule has 0 bridgehead atoms. The Morgan fingerprint density at radius 1 is 0.886 bits per heavy atom. The normalized spacial score (nSPS) is 13.7. The zero-order valence-electron chi connectivity index (χ0n) is 19.7. The molecule has 2 aromatic heterocycles. The summed E-state index contributed by atoms with van der Waals surface area (Å²) in [6.07, 6.45) is 1.58. The van der Waals surface area contributed by atoms with E-state index in [9.17, 15) is 4.79 Å². The second-order valence-electron chi connectivity index (χ2n) is 7.98. The van der Waals surface area contributed by atoms with Crippen LogP contribution in [0.25, 0.3) is 21.5 Å². The van der Waals surface area contributed by atoms with E-state index in [0.29, 0.717) is 43.2 Å². The third-order valence-electron chi connectivity index (χ3n) is 6.11. The van der Waals surface area contributed by atoms with Gasteiger partial charge in [0.05, 0.1) is 26.9 Å². The van der Waals surface area contributed by atoms with E-state index >= 15 is 0 Å². The first kappa shape index (κ1) is 22.9. The number of benzene rings is 2. The Morgan fingerprint density at radius 2 is 1.60 bits per heavy atom. The van der Waals surface area contributed by atoms with Crippen LogP contribution in [0, 0.1) is 0 Å². The molecule has 4 aromatic rings. The molecule has 0 radical (unpaired) electrons. The summed E-state index contributed by atoms with van der Waals surface area (Å²) in [6.45, 7) is 2.46. The van der Waals surface area contributed by atoms with Gasteiger partial charge in [-0.05, 0) is 47.9 Å². The SMILES string of the molecule is COc1ccc(-c2nsc3c(N4CCN(C(=O)c5ccc(OC)cc5OC)CC4)ncnc23)cc1. The van der Waals surface area contributed by atoms with Crippen LogP contribution >= 0.6 is 11.5 Å². The monoisotopic (exact) mass is 491 g/mol. The summed E-state index contributed by atoms with van der Waals surface area (Å²) < 4.78 is 21.5. The molecule has 1 aliphatic rings. The van der Waals surface area contributed by atoms with Crippen molar-refractivity contribution < 1.29 is 19.0 Å². The van der Waals surface area contributed by atoms with Crippen molar-refractivity contribution in [2.45, 2.75) is 0 Å². The standard InChI is InChI=1S/C25H25N5O4S/c1-32-17-6-4-16(5-7-17)21-22-23(35-28-21)24(27-15-26-22)29-10-12-30(13-11-29)25(31)19-9-8-18(33-2)14-20(19)34-3/h4-9,14-15H,10-13H2,1-3H3. The van der Waals surface area contributed by atoms with Crippen molar-refractivity contribution in [1.29, 1.82) is 0 Å². The van der Waals surface area contributed by atoms with E-state index in [2.05, 4.69) is 19.2 Å². The fourth-order valence-electron chi connectivity index (χ4n) is 4.18. The molecule has 0 spiro atoms. The van der Waals surface area contributed by atoms with Crippen LogP contribution < -0.4 is 19.1 Å². The molecule has 0 N–H and O–H groups in total. The highest BCUT2D eigenvalue weighted by Gasteiger charge is 2.27. The first-order chi connectivity index (χ1) is 17.1. The molecule has 3 heterocycles. The summed E-state index contributed by atoms with van der Waals surface area (Å²) in [4.78, 5) is 26.3. The Balaban J connectivity index is 1.34. The van der Waals surface area contributed by atoms with Crippen molar-refractivity contribution in [1.82, 2.24) is 19.2 Å². The van der Waals surface area contributed by atoms with E-state index in [4.69, 9.17) is 14.2 Å². The van der Waals surface area contributed by atoms with Gasteiger partial charge < -0.3 is 24.0 Å². The fraction of sp³-hybridized carbons (Fsp3) is 0.280. The molecule has 2 aromatic carbocycles. The number of ether oxygens (including phenoxy) is 3. The molecular formula is C25H25N5O4S. The van der Waals surface area contributed by atoms with Crippen molar-refractivity contribution in [2.24, 2.45) is 0 Å². The van der Waals surface area contributed by atoms with Gasteiger partial charge in [0, 0.05) is 37.8 Å². The molecule has 1 fully saturated rings. The van der Waals surface area contributed by atoms with Crippen LogP contribution in [0.15, 0.2) is 48.8 Å². The topological polar surface area (TPSA) is 89.9 Å². The van der Waals surface area contributed by atoms with Gasteiger partial charge in [0.15, 0.2) is 5.82 Å². The number of amides is 1. The van der Waals surface area contributed by atoms with Crippen molar-refractivity contribution in [3.05, 3.63) is 54.4 Å². The number of hydrogen-bond donors (Lipinski definition) is 0. The largest absolute Gasteiger partial charge is 0.497 e. The minimum atomic E-state index is -0.0587. The Labute approximate surface area is 207 Å². The molecular weight excluding hydrogens is 466 g/mol. The minimum Gasteiger partial charge on any atom is -0.497 e. The maximum Gasteiger partial charge on any atom is 0.257 e. The maximum absolute atomic E-state index is 13.2. The van der Waals surface area contributed by atoms with Crippen LogP contribution in [0.4, 0.5) is 5.82 Å². The van der Waals surface area contributed by atoms with Gasteiger partial charge >= 0.3 is 0 Å². The van der Waals surface area contributed by atoms with Crippen molar-refractivity contribution in [3.8, 4) is 28.5 Å². The summed E-state index contributed by atoms with van der Waals surface area (Å²) in [6, 6.07) is 13.0.